The zero-order chi connectivity index (χ0) is 23.8. The van der Waals surface area contributed by atoms with Gasteiger partial charge in [0.05, 0.1) is 29.7 Å². The van der Waals surface area contributed by atoms with Crippen molar-refractivity contribution in [2.45, 2.75) is 13.8 Å². The third-order valence-electron chi connectivity index (χ3n) is 4.61. The number of nitrogens with zero attached hydrogens (tertiary/aromatic N) is 1. The maximum absolute atomic E-state index is 12.3. The molecule has 0 N–H and O–H groups in total. The summed E-state index contributed by atoms with van der Waals surface area (Å²) in [7, 11) is 1.66. The molecule has 3 rings (SSSR count). The minimum Gasteiger partial charge on any atom is -0.491 e. The molecule has 1 aliphatic rings. The molecule has 0 radical (unpaired) electrons. The van der Waals surface area contributed by atoms with Gasteiger partial charge in [-0.15, -0.1) is 0 Å². The zero-order valence-electron chi connectivity index (χ0n) is 18.8. The van der Waals surface area contributed by atoms with Gasteiger partial charge in [0.15, 0.2) is 11.5 Å². The largest absolute Gasteiger partial charge is 0.491 e. The number of hydrogen-bond donors (Lipinski definition) is 0. The number of benzene rings is 2. The Balaban J connectivity index is 1.52. The molecule has 0 unspecified atom stereocenters. The van der Waals surface area contributed by atoms with Crippen LogP contribution >= 0.6 is 35.6 Å². The SMILES string of the molecule is CCOc1cc(/C=C2\SC(=S)N(C)C2=O)cc(Cl)c1OCCOCCOc1ccc(C)cc1. The van der Waals surface area contributed by atoms with Crippen molar-refractivity contribution in [3.05, 3.63) is 57.5 Å². The number of rotatable bonds is 11. The van der Waals surface area contributed by atoms with Crippen LogP contribution in [0.3, 0.4) is 0 Å². The fourth-order valence-corrected chi connectivity index (χ4v) is 4.38. The summed E-state index contributed by atoms with van der Waals surface area (Å²) >= 11 is 12.9. The van der Waals surface area contributed by atoms with Crippen LogP contribution in [0.15, 0.2) is 41.3 Å². The first-order valence-electron chi connectivity index (χ1n) is 10.5. The molecule has 2 aromatic rings. The highest BCUT2D eigenvalue weighted by Gasteiger charge is 2.28. The number of carbonyl (C=O) groups is 1. The minimum atomic E-state index is -0.136. The van der Waals surface area contributed by atoms with Crippen molar-refractivity contribution in [1.29, 1.82) is 0 Å². The van der Waals surface area contributed by atoms with Gasteiger partial charge in [-0.1, -0.05) is 53.3 Å². The second-order valence-corrected chi connectivity index (χ2v) is 9.21. The Morgan fingerprint density at radius 3 is 2.39 bits per heavy atom. The highest BCUT2D eigenvalue weighted by Crippen LogP contribution is 2.39. The summed E-state index contributed by atoms with van der Waals surface area (Å²) < 4.78 is 23.3. The molecule has 1 amide bonds. The normalized spacial score (nSPS) is 14.8. The summed E-state index contributed by atoms with van der Waals surface area (Å²) in [5.41, 5.74) is 1.92. The van der Waals surface area contributed by atoms with Crippen LogP contribution in [0.1, 0.15) is 18.1 Å². The molecule has 0 aromatic heterocycles. The average Bonchev–Trinajstić information content (AvgIpc) is 3.02. The van der Waals surface area contributed by atoms with E-state index in [1.807, 2.05) is 38.1 Å². The Kier molecular flexibility index (Phi) is 9.43. The molecule has 6 nitrogen and oxygen atoms in total. The predicted octanol–water partition coefficient (Wildman–Crippen LogP) is 5.35. The fraction of sp³-hybridized carbons (Fsp3) is 0.333. The Bertz CT molecular complexity index is 1030. The first-order valence-corrected chi connectivity index (χ1v) is 12.1. The van der Waals surface area contributed by atoms with Crippen molar-refractivity contribution in [3.63, 3.8) is 0 Å². The van der Waals surface area contributed by atoms with Gasteiger partial charge in [0.25, 0.3) is 5.91 Å². The summed E-state index contributed by atoms with van der Waals surface area (Å²) in [6, 6.07) is 11.4. The molecule has 33 heavy (non-hydrogen) atoms. The molecule has 0 aliphatic carbocycles. The number of carbonyl (C=O) groups excluding carboxylic acids is 1. The molecule has 1 fully saturated rings. The lowest BCUT2D eigenvalue weighted by Gasteiger charge is -2.15. The van der Waals surface area contributed by atoms with Crippen LogP contribution in [0, 0.1) is 6.92 Å². The number of likely N-dealkylation sites (N-methyl/N-ethyl adjacent to an activating group) is 1. The number of hydrogen-bond acceptors (Lipinski definition) is 7. The molecule has 0 bridgehead atoms. The monoisotopic (exact) mass is 507 g/mol. The van der Waals surface area contributed by atoms with Crippen molar-refractivity contribution in [2.75, 3.05) is 40.1 Å². The average molecular weight is 508 g/mol. The standard InChI is InChI=1S/C24H26ClNO5S2/c1-4-29-20-14-17(15-21-23(27)26(3)24(32)33-21)13-19(25)22(20)31-12-10-28-9-11-30-18-7-5-16(2)6-8-18/h5-8,13-15H,4,9-12H2,1-3H3/b21-15-. The quantitative estimate of drug-likeness (QED) is 0.231. The second-order valence-electron chi connectivity index (χ2n) is 7.13. The molecule has 0 atom stereocenters. The third-order valence-corrected chi connectivity index (χ3v) is 6.37. The summed E-state index contributed by atoms with van der Waals surface area (Å²) in [6.45, 7) is 5.93. The van der Waals surface area contributed by atoms with E-state index in [4.69, 9.17) is 42.8 Å². The lowest BCUT2D eigenvalue weighted by Crippen LogP contribution is -2.22. The Labute approximate surface area is 208 Å². The van der Waals surface area contributed by atoms with E-state index >= 15 is 0 Å². The van der Waals surface area contributed by atoms with Gasteiger partial charge >= 0.3 is 0 Å². The van der Waals surface area contributed by atoms with Gasteiger partial charge in [0.2, 0.25) is 0 Å². The molecular weight excluding hydrogens is 482 g/mol. The lowest BCUT2D eigenvalue weighted by atomic mass is 10.1. The van der Waals surface area contributed by atoms with E-state index in [2.05, 4.69) is 0 Å². The maximum atomic E-state index is 12.3. The predicted molar refractivity (Wildman–Crippen MR) is 137 cm³/mol. The summed E-state index contributed by atoms with van der Waals surface area (Å²) in [5, 5.41) is 0.391. The fourth-order valence-electron chi connectivity index (χ4n) is 2.93. The van der Waals surface area contributed by atoms with Crippen LogP contribution in [0.5, 0.6) is 17.2 Å². The molecule has 1 heterocycles. The van der Waals surface area contributed by atoms with E-state index in [1.165, 1.54) is 22.2 Å². The van der Waals surface area contributed by atoms with Gasteiger partial charge in [0, 0.05) is 7.05 Å². The summed E-state index contributed by atoms with van der Waals surface area (Å²) in [4.78, 5) is 14.2. The number of amides is 1. The Morgan fingerprint density at radius 2 is 1.76 bits per heavy atom. The number of halogens is 1. The van der Waals surface area contributed by atoms with Crippen molar-refractivity contribution in [1.82, 2.24) is 4.90 Å². The Hall–Kier alpha value is -2.26. The molecule has 176 valence electrons. The van der Waals surface area contributed by atoms with Crippen LogP contribution in [0.2, 0.25) is 5.02 Å². The first-order chi connectivity index (χ1) is 15.9. The summed E-state index contributed by atoms with van der Waals surface area (Å²) in [5.74, 6) is 1.63. The van der Waals surface area contributed by atoms with E-state index in [9.17, 15) is 4.79 Å². The van der Waals surface area contributed by atoms with Crippen molar-refractivity contribution in [2.24, 2.45) is 0 Å². The van der Waals surface area contributed by atoms with Crippen LogP contribution in [-0.2, 0) is 9.53 Å². The molecule has 2 aromatic carbocycles. The topological polar surface area (TPSA) is 57.2 Å². The highest BCUT2D eigenvalue weighted by atomic mass is 35.5. The van der Waals surface area contributed by atoms with Gasteiger partial charge in [0.1, 0.15) is 23.3 Å². The maximum Gasteiger partial charge on any atom is 0.265 e. The van der Waals surface area contributed by atoms with E-state index in [-0.39, 0.29) is 5.91 Å². The number of thiocarbonyl (C=S) groups is 1. The van der Waals surface area contributed by atoms with Gasteiger partial charge in [-0.3, -0.25) is 9.69 Å². The molecular formula is C24H26ClNO5S2. The molecule has 0 spiro atoms. The molecule has 1 saturated heterocycles. The Morgan fingerprint density at radius 1 is 1.06 bits per heavy atom. The van der Waals surface area contributed by atoms with Gasteiger partial charge in [-0.25, -0.2) is 0 Å². The first kappa shape index (κ1) is 25.4. The van der Waals surface area contributed by atoms with E-state index in [0.29, 0.717) is 58.8 Å². The number of aryl methyl sites for hydroxylation is 1. The van der Waals surface area contributed by atoms with Crippen LogP contribution < -0.4 is 14.2 Å². The highest BCUT2D eigenvalue weighted by molar-refractivity contribution is 8.26. The van der Waals surface area contributed by atoms with Crippen LogP contribution in [0.25, 0.3) is 6.08 Å². The van der Waals surface area contributed by atoms with Gasteiger partial charge in [-0.2, -0.15) is 0 Å². The number of ether oxygens (including phenoxy) is 4. The molecule has 1 aliphatic heterocycles. The summed E-state index contributed by atoms with van der Waals surface area (Å²) in [6.07, 6.45) is 1.75. The van der Waals surface area contributed by atoms with E-state index < -0.39 is 0 Å². The minimum absolute atomic E-state index is 0.136. The van der Waals surface area contributed by atoms with Crippen molar-refractivity contribution >= 4 is 51.9 Å². The van der Waals surface area contributed by atoms with Crippen molar-refractivity contribution < 1.29 is 23.7 Å². The van der Waals surface area contributed by atoms with E-state index in [1.54, 1.807) is 25.3 Å². The third kappa shape index (κ3) is 7.11. The van der Waals surface area contributed by atoms with Crippen LogP contribution in [-0.4, -0.2) is 55.2 Å². The molecule has 9 heteroatoms. The number of thioether (sulfide) groups is 1. The smallest absolute Gasteiger partial charge is 0.265 e. The van der Waals surface area contributed by atoms with Gasteiger partial charge in [-0.05, 0) is 49.8 Å². The zero-order valence-corrected chi connectivity index (χ0v) is 21.1. The second kappa shape index (κ2) is 12.3. The van der Waals surface area contributed by atoms with E-state index in [0.717, 1.165) is 11.3 Å². The molecule has 0 saturated carbocycles. The lowest BCUT2D eigenvalue weighted by molar-refractivity contribution is -0.121. The van der Waals surface area contributed by atoms with Crippen molar-refractivity contribution in [3.8, 4) is 17.2 Å². The van der Waals surface area contributed by atoms with Crippen LogP contribution in [0.4, 0.5) is 0 Å². The van der Waals surface area contributed by atoms with Gasteiger partial charge < -0.3 is 18.9 Å².